The van der Waals surface area contributed by atoms with E-state index >= 15 is 0 Å². The fourth-order valence-electron chi connectivity index (χ4n) is 0.947. The number of nitrogens with one attached hydrogen (secondary N) is 2. The van der Waals surface area contributed by atoms with Gasteiger partial charge in [-0.15, -0.1) is 6.42 Å². The van der Waals surface area contributed by atoms with Gasteiger partial charge in [-0.2, -0.15) is 0 Å². The molecule has 6 heteroatoms. The Hall–Kier alpha value is -2.16. The molecule has 0 aliphatic carbocycles. The van der Waals surface area contributed by atoms with Crippen LogP contribution in [0.25, 0.3) is 0 Å². The third-order valence-corrected chi connectivity index (χ3v) is 1.74. The van der Waals surface area contributed by atoms with Crippen molar-refractivity contribution in [1.29, 1.82) is 0 Å². The SMILES string of the molecule is C#CCNc1c(N)n(C)c(=O)[nH]c1=O. The molecule has 4 N–H and O–H groups in total. The van der Waals surface area contributed by atoms with Gasteiger partial charge < -0.3 is 11.1 Å². The summed E-state index contributed by atoms with van der Waals surface area (Å²) >= 11 is 0. The van der Waals surface area contributed by atoms with Crippen LogP contribution >= 0.6 is 0 Å². The van der Waals surface area contributed by atoms with Crippen LogP contribution in [0.2, 0.25) is 0 Å². The summed E-state index contributed by atoms with van der Waals surface area (Å²) in [6.45, 7) is 0.172. The summed E-state index contributed by atoms with van der Waals surface area (Å²) in [5.74, 6) is 2.36. The highest BCUT2D eigenvalue weighted by Gasteiger charge is 2.07. The number of anilines is 2. The fraction of sp³-hybridized carbons (Fsp3) is 0.250. The van der Waals surface area contributed by atoms with Crippen LogP contribution in [0.4, 0.5) is 11.5 Å². The van der Waals surface area contributed by atoms with Crippen LogP contribution in [0.1, 0.15) is 0 Å². The molecule has 0 saturated heterocycles. The van der Waals surface area contributed by atoms with Crippen molar-refractivity contribution >= 4 is 11.5 Å². The Morgan fingerprint density at radius 1 is 1.64 bits per heavy atom. The van der Waals surface area contributed by atoms with Gasteiger partial charge in [0.15, 0.2) is 0 Å². The molecule has 14 heavy (non-hydrogen) atoms. The number of nitrogens with zero attached hydrogens (tertiary/aromatic N) is 1. The van der Waals surface area contributed by atoms with Crippen molar-refractivity contribution in [3.8, 4) is 12.3 Å². The number of H-pyrrole nitrogens is 1. The lowest BCUT2D eigenvalue weighted by atomic mass is 10.4. The van der Waals surface area contributed by atoms with Gasteiger partial charge in [0.05, 0.1) is 6.54 Å². The van der Waals surface area contributed by atoms with E-state index in [1.165, 1.54) is 7.05 Å². The highest BCUT2D eigenvalue weighted by Crippen LogP contribution is 2.06. The van der Waals surface area contributed by atoms with Crippen LogP contribution in [0.5, 0.6) is 0 Å². The lowest BCUT2D eigenvalue weighted by molar-refractivity contribution is 0.814. The van der Waals surface area contributed by atoms with Crippen LogP contribution in [0.15, 0.2) is 9.59 Å². The van der Waals surface area contributed by atoms with Crippen molar-refractivity contribution in [3.05, 3.63) is 20.8 Å². The quantitative estimate of drug-likeness (QED) is 0.510. The number of aromatic amines is 1. The molecule has 1 aromatic heterocycles. The Bertz CT molecular complexity index is 492. The third-order valence-electron chi connectivity index (χ3n) is 1.74. The normalized spacial score (nSPS) is 9.43. The predicted octanol–water partition coefficient (Wildman–Crippen LogP) is -1.30. The van der Waals surface area contributed by atoms with Crippen molar-refractivity contribution < 1.29 is 0 Å². The molecular weight excluding hydrogens is 184 g/mol. The molecule has 0 fully saturated rings. The van der Waals surface area contributed by atoms with Crippen LogP contribution in [0, 0.1) is 12.3 Å². The number of nitrogen functional groups attached to an aromatic ring is 1. The second kappa shape index (κ2) is 3.70. The highest BCUT2D eigenvalue weighted by molar-refractivity contribution is 5.60. The second-order valence-corrected chi connectivity index (χ2v) is 2.64. The molecule has 0 aromatic carbocycles. The van der Waals surface area contributed by atoms with Gasteiger partial charge in [0, 0.05) is 7.05 Å². The first-order valence-electron chi connectivity index (χ1n) is 3.84. The lowest BCUT2D eigenvalue weighted by Crippen LogP contribution is -2.32. The summed E-state index contributed by atoms with van der Waals surface area (Å²) in [5.41, 5.74) is 4.53. The molecule has 0 spiro atoms. The summed E-state index contributed by atoms with van der Waals surface area (Å²) in [7, 11) is 1.45. The van der Waals surface area contributed by atoms with E-state index < -0.39 is 11.2 Å². The fourth-order valence-corrected chi connectivity index (χ4v) is 0.947. The van der Waals surface area contributed by atoms with E-state index in [2.05, 4.69) is 16.2 Å². The Labute approximate surface area is 79.8 Å². The maximum absolute atomic E-state index is 11.2. The molecule has 1 aromatic rings. The van der Waals surface area contributed by atoms with Gasteiger partial charge in [0.25, 0.3) is 5.56 Å². The van der Waals surface area contributed by atoms with Gasteiger partial charge in [0.2, 0.25) is 0 Å². The first-order chi connectivity index (χ1) is 6.57. The van der Waals surface area contributed by atoms with Crippen LogP contribution < -0.4 is 22.3 Å². The average molecular weight is 194 g/mol. The zero-order valence-corrected chi connectivity index (χ0v) is 7.63. The molecule has 0 saturated carbocycles. The molecule has 0 aliphatic heterocycles. The van der Waals surface area contributed by atoms with Crippen molar-refractivity contribution in [2.75, 3.05) is 17.6 Å². The molecule has 0 bridgehead atoms. The molecule has 0 unspecified atom stereocenters. The Balaban J connectivity index is 3.31. The van der Waals surface area contributed by atoms with Crippen LogP contribution in [0.3, 0.4) is 0 Å². The van der Waals surface area contributed by atoms with E-state index in [1.54, 1.807) is 0 Å². The van der Waals surface area contributed by atoms with Crippen molar-refractivity contribution in [1.82, 2.24) is 9.55 Å². The average Bonchev–Trinajstić information content (AvgIpc) is 2.14. The summed E-state index contributed by atoms with van der Waals surface area (Å²) in [5, 5.41) is 2.63. The summed E-state index contributed by atoms with van der Waals surface area (Å²) in [6.07, 6.45) is 5.01. The summed E-state index contributed by atoms with van der Waals surface area (Å²) in [4.78, 5) is 24.4. The third kappa shape index (κ3) is 1.61. The Kier molecular flexibility index (Phi) is 2.62. The number of terminal acetylenes is 1. The number of aromatic nitrogens is 2. The van der Waals surface area contributed by atoms with Gasteiger partial charge in [0.1, 0.15) is 11.5 Å². The Morgan fingerprint density at radius 2 is 2.29 bits per heavy atom. The molecule has 0 radical (unpaired) electrons. The minimum atomic E-state index is -0.569. The molecule has 74 valence electrons. The molecule has 1 rings (SSSR count). The number of rotatable bonds is 2. The minimum Gasteiger partial charge on any atom is -0.383 e. The highest BCUT2D eigenvalue weighted by atomic mass is 16.2. The maximum Gasteiger partial charge on any atom is 0.329 e. The van der Waals surface area contributed by atoms with Crippen molar-refractivity contribution in [2.24, 2.45) is 7.05 Å². The van der Waals surface area contributed by atoms with Gasteiger partial charge in [-0.1, -0.05) is 5.92 Å². The number of hydrogen-bond donors (Lipinski definition) is 3. The molecule has 1 heterocycles. The van der Waals surface area contributed by atoms with E-state index in [4.69, 9.17) is 12.2 Å². The summed E-state index contributed by atoms with van der Waals surface area (Å²) in [6, 6.07) is 0. The van der Waals surface area contributed by atoms with E-state index in [0.717, 1.165) is 4.57 Å². The van der Waals surface area contributed by atoms with Gasteiger partial charge in [-0.3, -0.25) is 14.3 Å². The number of nitrogens with two attached hydrogens (primary N) is 1. The Morgan fingerprint density at radius 3 is 2.86 bits per heavy atom. The predicted molar refractivity (Wildman–Crippen MR) is 54.0 cm³/mol. The first-order valence-corrected chi connectivity index (χ1v) is 3.84. The molecule has 0 atom stereocenters. The van der Waals surface area contributed by atoms with E-state index in [1.807, 2.05) is 0 Å². The summed E-state index contributed by atoms with van der Waals surface area (Å²) < 4.78 is 1.13. The maximum atomic E-state index is 11.2. The lowest BCUT2D eigenvalue weighted by Gasteiger charge is -2.08. The zero-order valence-electron chi connectivity index (χ0n) is 7.63. The number of hydrogen-bond acceptors (Lipinski definition) is 4. The van der Waals surface area contributed by atoms with Crippen LogP contribution in [-0.4, -0.2) is 16.1 Å². The van der Waals surface area contributed by atoms with Gasteiger partial charge in [-0.05, 0) is 0 Å². The van der Waals surface area contributed by atoms with Crippen LogP contribution in [-0.2, 0) is 7.05 Å². The second-order valence-electron chi connectivity index (χ2n) is 2.64. The standard InChI is InChI=1S/C8H10N4O2/c1-3-4-10-5-6(9)12(2)8(14)11-7(5)13/h1,10H,4,9H2,2H3,(H,11,13,14). The van der Waals surface area contributed by atoms with E-state index in [-0.39, 0.29) is 18.1 Å². The topological polar surface area (TPSA) is 92.9 Å². The van der Waals surface area contributed by atoms with Gasteiger partial charge in [-0.25, -0.2) is 4.79 Å². The minimum absolute atomic E-state index is 0.0639. The van der Waals surface area contributed by atoms with E-state index in [9.17, 15) is 9.59 Å². The zero-order chi connectivity index (χ0) is 10.7. The smallest absolute Gasteiger partial charge is 0.329 e. The largest absolute Gasteiger partial charge is 0.383 e. The molecule has 0 amide bonds. The van der Waals surface area contributed by atoms with Crippen molar-refractivity contribution in [2.45, 2.75) is 0 Å². The van der Waals surface area contributed by atoms with Crippen molar-refractivity contribution in [3.63, 3.8) is 0 Å². The van der Waals surface area contributed by atoms with E-state index in [0.29, 0.717) is 0 Å². The van der Waals surface area contributed by atoms with Gasteiger partial charge >= 0.3 is 5.69 Å². The first kappa shape index (κ1) is 9.92. The molecular formula is C8H10N4O2. The molecule has 0 aliphatic rings. The molecule has 6 nitrogen and oxygen atoms in total. The monoisotopic (exact) mass is 194 g/mol.